The van der Waals surface area contributed by atoms with Crippen molar-refractivity contribution in [3.8, 4) is 11.5 Å². The van der Waals surface area contributed by atoms with Crippen molar-refractivity contribution in [2.24, 2.45) is 5.92 Å². The molecular formula is C33H38FN3O4. The molecule has 0 aliphatic heterocycles. The van der Waals surface area contributed by atoms with Crippen LogP contribution in [0.15, 0.2) is 66.9 Å². The number of methoxy groups -OCH3 is 1. The Labute approximate surface area is 240 Å². The number of Topliss-reactive ketones (excluding diaryl/α,β-unsaturated/α-hetero) is 1. The van der Waals surface area contributed by atoms with E-state index < -0.39 is 0 Å². The number of hydrogen-bond donors (Lipinski definition) is 1. The van der Waals surface area contributed by atoms with Gasteiger partial charge in [-0.15, -0.1) is 0 Å². The van der Waals surface area contributed by atoms with Crippen molar-refractivity contribution in [3.63, 3.8) is 0 Å². The van der Waals surface area contributed by atoms with E-state index in [0.29, 0.717) is 48.1 Å². The third kappa shape index (κ3) is 8.24. The zero-order valence-electron chi connectivity index (χ0n) is 24.0. The topological polar surface area (TPSA) is 82.5 Å². The molecule has 1 heterocycles. The molecule has 0 radical (unpaired) electrons. The second-order valence-corrected chi connectivity index (χ2v) is 10.3. The summed E-state index contributed by atoms with van der Waals surface area (Å²) in [4.78, 5) is 25.4. The average molecular weight is 560 g/mol. The van der Waals surface area contributed by atoms with Gasteiger partial charge in [0.1, 0.15) is 17.3 Å². The summed E-state index contributed by atoms with van der Waals surface area (Å²) in [5, 5.41) is 8.63. The van der Waals surface area contributed by atoms with E-state index in [1.807, 2.05) is 29.9 Å². The molecule has 0 aliphatic carbocycles. The molecule has 0 saturated heterocycles. The number of nitrogens with zero attached hydrogens (tertiary/aromatic N) is 2. The van der Waals surface area contributed by atoms with Gasteiger partial charge in [0.15, 0.2) is 5.78 Å². The monoisotopic (exact) mass is 559 g/mol. The minimum Gasteiger partial charge on any atom is -0.457 e. The number of rotatable bonds is 15. The molecule has 1 atom stereocenters. The van der Waals surface area contributed by atoms with Crippen LogP contribution >= 0.6 is 0 Å². The van der Waals surface area contributed by atoms with E-state index in [2.05, 4.69) is 12.2 Å². The highest BCUT2D eigenvalue weighted by molar-refractivity contribution is 6.00. The lowest BCUT2D eigenvalue weighted by Crippen LogP contribution is -2.27. The molecule has 4 aromatic rings. The van der Waals surface area contributed by atoms with E-state index >= 15 is 0 Å². The van der Waals surface area contributed by atoms with Crippen molar-refractivity contribution in [2.75, 3.05) is 20.3 Å². The van der Waals surface area contributed by atoms with Crippen molar-refractivity contribution in [2.45, 2.75) is 52.5 Å². The Balaban J connectivity index is 1.31. The number of fused-ring (bicyclic) bond motifs is 1. The minimum atomic E-state index is -0.318. The normalized spacial score (nSPS) is 11.9. The first-order valence-electron chi connectivity index (χ1n) is 14.2. The number of aromatic nitrogens is 2. The molecule has 0 spiro atoms. The van der Waals surface area contributed by atoms with E-state index in [1.165, 1.54) is 12.1 Å². The maximum Gasteiger partial charge on any atom is 0.251 e. The van der Waals surface area contributed by atoms with Gasteiger partial charge in [0, 0.05) is 49.3 Å². The summed E-state index contributed by atoms with van der Waals surface area (Å²) in [7, 11) is 1.61. The van der Waals surface area contributed by atoms with Crippen molar-refractivity contribution >= 4 is 22.6 Å². The maximum atomic E-state index is 13.1. The molecule has 0 aliphatic rings. The zero-order chi connectivity index (χ0) is 29.2. The van der Waals surface area contributed by atoms with Crippen molar-refractivity contribution in [3.05, 3.63) is 89.4 Å². The summed E-state index contributed by atoms with van der Waals surface area (Å²) in [5.41, 5.74) is 3.08. The van der Waals surface area contributed by atoms with Gasteiger partial charge in [0.25, 0.3) is 5.91 Å². The third-order valence-electron chi connectivity index (χ3n) is 7.23. The summed E-state index contributed by atoms with van der Waals surface area (Å²) in [6.45, 7) is 5.82. The number of halogens is 1. The predicted molar refractivity (Wildman–Crippen MR) is 158 cm³/mol. The lowest BCUT2D eigenvalue weighted by Gasteiger charge is -2.16. The van der Waals surface area contributed by atoms with Gasteiger partial charge in [0.05, 0.1) is 12.1 Å². The molecule has 0 bridgehead atoms. The van der Waals surface area contributed by atoms with Gasteiger partial charge in [0.2, 0.25) is 0 Å². The standard InChI is InChI=1S/C33H38FN3O4/c1-4-6-24(21-37-22-30-23(2)29(17-18-31(30)36-37)33(39)35-19-20-40-3)7-5-8-32(38)25-9-13-27(14-10-25)41-28-15-11-26(34)12-16-28/h9-18,22,24H,4-8,19-21H2,1-3H3,(H,35,39). The zero-order valence-corrected chi connectivity index (χ0v) is 24.0. The molecule has 216 valence electrons. The molecule has 1 amide bonds. The first-order valence-corrected chi connectivity index (χ1v) is 14.2. The van der Waals surface area contributed by atoms with Gasteiger partial charge in [-0.2, -0.15) is 5.10 Å². The van der Waals surface area contributed by atoms with E-state index in [-0.39, 0.29) is 17.5 Å². The van der Waals surface area contributed by atoms with Crippen LogP contribution in [0.3, 0.4) is 0 Å². The first-order chi connectivity index (χ1) is 19.9. The molecular weight excluding hydrogens is 521 g/mol. The van der Waals surface area contributed by atoms with Crippen LogP contribution < -0.4 is 10.1 Å². The van der Waals surface area contributed by atoms with Crippen LogP contribution in [-0.4, -0.2) is 41.7 Å². The number of carbonyl (C=O) groups is 2. The number of benzene rings is 3. The molecule has 8 heteroatoms. The van der Waals surface area contributed by atoms with Gasteiger partial charge in [-0.25, -0.2) is 4.39 Å². The minimum absolute atomic E-state index is 0.102. The fraction of sp³-hybridized carbons (Fsp3) is 0.364. The summed E-state index contributed by atoms with van der Waals surface area (Å²) in [6.07, 6.45) is 6.32. The molecule has 0 fully saturated rings. The number of amides is 1. The largest absolute Gasteiger partial charge is 0.457 e. The van der Waals surface area contributed by atoms with Crippen molar-refractivity contribution < 1.29 is 23.5 Å². The summed E-state index contributed by atoms with van der Waals surface area (Å²) < 4.78 is 25.8. The summed E-state index contributed by atoms with van der Waals surface area (Å²) in [6, 6.07) is 16.6. The second kappa shape index (κ2) is 14.6. The van der Waals surface area contributed by atoms with Crippen LogP contribution in [0.5, 0.6) is 11.5 Å². The fourth-order valence-electron chi connectivity index (χ4n) is 5.02. The predicted octanol–water partition coefficient (Wildman–Crippen LogP) is 7.12. The first kappa shape index (κ1) is 29.9. The Morgan fingerprint density at radius 1 is 1.00 bits per heavy atom. The van der Waals surface area contributed by atoms with E-state index in [1.54, 1.807) is 43.5 Å². The number of aryl methyl sites for hydroxylation is 1. The van der Waals surface area contributed by atoms with Gasteiger partial charge < -0.3 is 14.8 Å². The molecule has 3 aromatic carbocycles. The SMILES string of the molecule is CCCC(CCCC(=O)c1ccc(Oc2ccc(F)cc2)cc1)Cn1cc2c(C)c(C(=O)NCCOC)ccc2n1. The lowest BCUT2D eigenvalue weighted by atomic mass is 9.95. The molecule has 7 nitrogen and oxygen atoms in total. The van der Waals surface area contributed by atoms with E-state index in [9.17, 15) is 14.0 Å². The Morgan fingerprint density at radius 3 is 2.39 bits per heavy atom. The lowest BCUT2D eigenvalue weighted by molar-refractivity contribution is 0.0935. The maximum absolute atomic E-state index is 13.1. The number of ketones is 1. The Bertz CT molecular complexity index is 1450. The molecule has 1 N–H and O–H groups in total. The highest BCUT2D eigenvalue weighted by atomic mass is 19.1. The third-order valence-corrected chi connectivity index (χ3v) is 7.23. The van der Waals surface area contributed by atoms with Crippen LogP contribution in [0.2, 0.25) is 0 Å². The quantitative estimate of drug-likeness (QED) is 0.124. The smallest absolute Gasteiger partial charge is 0.251 e. The number of hydrogen-bond acceptors (Lipinski definition) is 5. The number of ether oxygens (including phenoxy) is 2. The summed E-state index contributed by atoms with van der Waals surface area (Å²) in [5.74, 6) is 1.20. The van der Waals surface area contributed by atoms with Gasteiger partial charge in [-0.1, -0.05) is 13.3 Å². The van der Waals surface area contributed by atoms with Crippen LogP contribution in [0.4, 0.5) is 4.39 Å². The van der Waals surface area contributed by atoms with Gasteiger partial charge in [-0.05, 0) is 98.3 Å². The summed E-state index contributed by atoms with van der Waals surface area (Å²) >= 11 is 0. The average Bonchev–Trinajstić information content (AvgIpc) is 3.38. The Hall–Kier alpha value is -4.04. The van der Waals surface area contributed by atoms with Crippen molar-refractivity contribution in [1.29, 1.82) is 0 Å². The van der Waals surface area contributed by atoms with Crippen LogP contribution in [0.25, 0.3) is 10.9 Å². The van der Waals surface area contributed by atoms with E-state index in [4.69, 9.17) is 14.6 Å². The van der Waals surface area contributed by atoms with Gasteiger partial charge >= 0.3 is 0 Å². The molecule has 0 saturated carbocycles. The molecule has 1 aromatic heterocycles. The fourth-order valence-corrected chi connectivity index (χ4v) is 5.02. The van der Waals surface area contributed by atoms with Crippen LogP contribution in [0, 0.1) is 18.7 Å². The molecule has 1 unspecified atom stereocenters. The molecule has 41 heavy (non-hydrogen) atoms. The van der Waals surface area contributed by atoms with Crippen LogP contribution in [0.1, 0.15) is 65.3 Å². The highest BCUT2D eigenvalue weighted by Gasteiger charge is 2.16. The van der Waals surface area contributed by atoms with Gasteiger partial charge in [-0.3, -0.25) is 14.3 Å². The van der Waals surface area contributed by atoms with E-state index in [0.717, 1.165) is 48.7 Å². The van der Waals surface area contributed by atoms with Crippen molar-refractivity contribution in [1.82, 2.24) is 15.1 Å². The molecule has 4 rings (SSSR count). The number of nitrogens with one attached hydrogen (secondary N) is 1. The van der Waals surface area contributed by atoms with Crippen LogP contribution in [-0.2, 0) is 11.3 Å². The Kier molecular flexibility index (Phi) is 10.6. The second-order valence-electron chi connectivity index (χ2n) is 10.3. The highest BCUT2D eigenvalue weighted by Crippen LogP contribution is 2.25. The number of carbonyl (C=O) groups excluding carboxylic acids is 2. The Morgan fingerprint density at radius 2 is 1.71 bits per heavy atom.